The number of carbonyl (C=O) groups excluding carboxylic acids is 1. The van der Waals surface area contributed by atoms with Gasteiger partial charge in [-0.05, 0) is 6.07 Å². The van der Waals surface area contributed by atoms with Gasteiger partial charge in [-0.3, -0.25) is 4.79 Å². The van der Waals surface area contributed by atoms with Gasteiger partial charge in [0.1, 0.15) is 0 Å². The predicted octanol–water partition coefficient (Wildman–Crippen LogP) is 1.06. The zero-order valence-corrected chi connectivity index (χ0v) is 6.74. The Hall–Kier alpha value is -1.78. The van der Waals surface area contributed by atoms with Crippen LogP contribution in [0.5, 0.6) is 17.2 Å². The molecule has 70 valence electrons. The highest BCUT2D eigenvalue weighted by Gasteiger charge is 2.16. The van der Waals surface area contributed by atoms with Crippen LogP contribution in [0.1, 0.15) is 10.4 Å². The van der Waals surface area contributed by atoms with E-state index in [1.165, 1.54) is 7.11 Å². The molecule has 5 heteroatoms. The summed E-state index contributed by atoms with van der Waals surface area (Å²) in [4.78, 5) is 10.3. The summed E-state index contributed by atoms with van der Waals surface area (Å²) in [5.74, 6) is -3.01. The first-order chi connectivity index (χ1) is 6.11. The van der Waals surface area contributed by atoms with E-state index in [-0.39, 0.29) is 17.6 Å². The zero-order valence-electron chi connectivity index (χ0n) is 6.74. The van der Waals surface area contributed by atoms with Gasteiger partial charge in [0.05, 0.1) is 12.7 Å². The molecule has 0 saturated carbocycles. The molecule has 0 aromatic heterocycles. The fraction of sp³-hybridized carbons (Fsp3) is 0.125. The number of hydrogen-bond acceptors (Lipinski definition) is 4. The van der Waals surface area contributed by atoms with Gasteiger partial charge in [0.25, 0.3) is 0 Å². The number of benzene rings is 1. The number of aldehydes is 1. The van der Waals surface area contributed by atoms with E-state index in [0.29, 0.717) is 0 Å². The molecule has 13 heavy (non-hydrogen) atoms. The molecule has 0 aliphatic heterocycles. The quantitative estimate of drug-likeness (QED) is 0.535. The monoisotopic (exact) mass is 186 g/mol. The van der Waals surface area contributed by atoms with E-state index in [1.54, 1.807) is 0 Å². The van der Waals surface area contributed by atoms with Gasteiger partial charge in [0.2, 0.25) is 5.75 Å². The van der Waals surface area contributed by atoms with Crippen molar-refractivity contribution in [3.05, 3.63) is 17.4 Å². The Labute approximate surface area is 73.2 Å². The van der Waals surface area contributed by atoms with Crippen molar-refractivity contribution in [2.24, 2.45) is 0 Å². The van der Waals surface area contributed by atoms with Gasteiger partial charge >= 0.3 is 0 Å². The first-order valence-corrected chi connectivity index (χ1v) is 3.35. The summed E-state index contributed by atoms with van der Waals surface area (Å²) < 4.78 is 17.5. The van der Waals surface area contributed by atoms with Crippen molar-refractivity contribution in [1.82, 2.24) is 0 Å². The van der Waals surface area contributed by atoms with E-state index in [0.717, 1.165) is 6.07 Å². The van der Waals surface area contributed by atoms with Crippen LogP contribution in [-0.2, 0) is 0 Å². The minimum absolute atomic E-state index is 0.152. The lowest BCUT2D eigenvalue weighted by atomic mass is 10.2. The molecule has 0 aliphatic rings. The third kappa shape index (κ3) is 1.40. The SMILES string of the molecule is COc1cc(C=O)c(F)c(O)c1O. The molecule has 2 N–H and O–H groups in total. The van der Waals surface area contributed by atoms with E-state index in [9.17, 15) is 9.18 Å². The minimum Gasteiger partial charge on any atom is -0.502 e. The van der Waals surface area contributed by atoms with Gasteiger partial charge in [-0.2, -0.15) is 0 Å². The lowest BCUT2D eigenvalue weighted by Crippen LogP contribution is -1.92. The van der Waals surface area contributed by atoms with Crippen molar-refractivity contribution >= 4 is 6.29 Å². The summed E-state index contributed by atoms with van der Waals surface area (Å²) in [6.07, 6.45) is 0.219. The van der Waals surface area contributed by atoms with Crippen LogP contribution in [-0.4, -0.2) is 23.6 Å². The van der Waals surface area contributed by atoms with Crippen molar-refractivity contribution in [3.8, 4) is 17.2 Å². The van der Waals surface area contributed by atoms with E-state index in [2.05, 4.69) is 4.74 Å². The number of phenolic OH excluding ortho intramolecular Hbond substituents is 2. The van der Waals surface area contributed by atoms with Crippen molar-refractivity contribution in [2.45, 2.75) is 0 Å². The average Bonchev–Trinajstić information content (AvgIpc) is 2.15. The van der Waals surface area contributed by atoms with Crippen LogP contribution >= 0.6 is 0 Å². The fourth-order valence-corrected chi connectivity index (χ4v) is 0.872. The summed E-state index contributed by atoms with van der Waals surface area (Å²) in [6, 6.07) is 0.997. The summed E-state index contributed by atoms with van der Waals surface area (Å²) in [6.45, 7) is 0. The van der Waals surface area contributed by atoms with Gasteiger partial charge in [0.15, 0.2) is 23.6 Å². The third-order valence-corrected chi connectivity index (χ3v) is 1.55. The Kier molecular flexibility index (Phi) is 2.36. The highest BCUT2D eigenvalue weighted by molar-refractivity contribution is 5.78. The molecule has 0 unspecified atom stereocenters. The molecule has 0 heterocycles. The molecule has 4 nitrogen and oxygen atoms in total. The van der Waals surface area contributed by atoms with Gasteiger partial charge in [0, 0.05) is 0 Å². The van der Waals surface area contributed by atoms with Gasteiger partial charge < -0.3 is 14.9 Å². The molecule has 0 aliphatic carbocycles. The summed E-state index contributed by atoms with van der Waals surface area (Å²) >= 11 is 0. The van der Waals surface area contributed by atoms with Crippen molar-refractivity contribution in [3.63, 3.8) is 0 Å². The molecular weight excluding hydrogens is 179 g/mol. The van der Waals surface area contributed by atoms with E-state index >= 15 is 0 Å². The highest BCUT2D eigenvalue weighted by atomic mass is 19.1. The second-order valence-corrected chi connectivity index (χ2v) is 2.30. The lowest BCUT2D eigenvalue weighted by Gasteiger charge is -2.06. The minimum atomic E-state index is -1.16. The topological polar surface area (TPSA) is 66.8 Å². The molecule has 0 bridgehead atoms. The fourth-order valence-electron chi connectivity index (χ4n) is 0.872. The number of rotatable bonds is 2. The standard InChI is InChI=1S/C8H7FO4/c1-13-5-2-4(3-10)6(9)8(12)7(5)11/h2-3,11-12H,1H3. The number of carbonyl (C=O) groups is 1. The maximum atomic E-state index is 12.9. The van der Waals surface area contributed by atoms with Crippen LogP contribution in [0, 0.1) is 5.82 Å². The van der Waals surface area contributed by atoms with Crippen molar-refractivity contribution in [2.75, 3.05) is 7.11 Å². The van der Waals surface area contributed by atoms with E-state index in [4.69, 9.17) is 10.2 Å². The zero-order chi connectivity index (χ0) is 10.0. The lowest BCUT2D eigenvalue weighted by molar-refractivity contribution is 0.111. The van der Waals surface area contributed by atoms with Crippen LogP contribution in [0.25, 0.3) is 0 Å². The maximum Gasteiger partial charge on any atom is 0.203 e. The Morgan fingerprint density at radius 3 is 2.54 bits per heavy atom. The maximum absolute atomic E-state index is 12.9. The van der Waals surface area contributed by atoms with Crippen LogP contribution in [0.2, 0.25) is 0 Å². The molecule has 0 spiro atoms. The van der Waals surface area contributed by atoms with Crippen molar-refractivity contribution < 1.29 is 24.1 Å². The second kappa shape index (κ2) is 3.30. The van der Waals surface area contributed by atoms with Gasteiger partial charge in [-0.1, -0.05) is 0 Å². The molecular formula is C8H7FO4. The molecule has 0 amide bonds. The number of ether oxygens (including phenoxy) is 1. The van der Waals surface area contributed by atoms with E-state index in [1.807, 2.05) is 0 Å². The van der Waals surface area contributed by atoms with Crippen molar-refractivity contribution in [1.29, 1.82) is 0 Å². The van der Waals surface area contributed by atoms with Crippen LogP contribution in [0.4, 0.5) is 4.39 Å². The highest BCUT2D eigenvalue weighted by Crippen LogP contribution is 2.38. The van der Waals surface area contributed by atoms with Crippen LogP contribution < -0.4 is 4.74 Å². The number of halogens is 1. The van der Waals surface area contributed by atoms with Crippen LogP contribution in [0.3, 0.4) is 0 Å². The summed E-state index contributed by atoms with van der Waals surface area (Å²) in [7, 11) is 1.22. The number of methoxy groups -OCH3 is 1. The predicted molar refractivity (Wildman–Crippen MR) is 41.7 cm³/mol. The van der Waals surface area contributed by atoms with Crippen LogP contribution in [0.15, 0.2) is 6.07 Å². The largest absolute Gasteiger partial charge is 0.502 e. The van der Waals surface area contributed by atoms with E-state index < -0.39 is 17.3 Å². The summed E-state index contributed by atoms with van der Waals surface area (Å²) in [5, 5.41) is 18.0. The molecule has 1 aromatic carbocycles. The average molecular weight is 186 g/mol. The second-order valence-electron chi connectivity index (χ2n) is 2.30. The molecule has 1 aromatic rings. The molecule has 0 fully saturated rings. The normalized spacial score (nSPS) is 9.69. The Balaban J connectivity index is 3.45. The van der Waals surface area contributed by atoms with Gasteiger partial charge in [-0.25, -0.2) is 4.39 Å². The number of phenols is 2. The first kappa shape index (κ1) is 9.31. The van der Waals surface area contributed by atoms with Gasteiger partial charge in [-0.15, -0.1) is 0 Å². The molecule has 1 rings (SSSR count). The third-order valence-electron chi connectivity index (χ3n) is 1.55. The Morgan fingerprint density at radius 2 is 2.08 bits per heavy atom. The molecule has 0 radical (unpaired) electrons. The molecule has 0 atom stereocenters. The first-order valence-electron chi connectivity index (χ1n) is 3.35. The Bertz CT molecular complexity index is 348. The molecule has 0 saturated heterocycles. The Morgan fingerprint density at radius 1 is 1.46 bits per heavy atom. The number of hydrogen-bond donors (Lipinski definition) is 2. The smallest absolute Gasteiger partial charge is 0.203 e. The summed E-state index contributed by atoms with van der Waals surface area (Å²) in [5.41, 5.74) is -0.368. The number of aromatic hydroxyl groups is 2.